The molecule has 118 valence electrons. The first-order chi connectivity index (χ1) is 10.1. The fourth-order valence-electron chi connectivity index (χ4n) is 3.07. The molecule has 1 aromatic rings. The molecule has 2 rings (SSSR count). The summed E-state index contributed by atoms with van der Waals surface area (Å²) in [6.45, 7) is 7.16. The summed E-state index contributed by atoms with van der Waals surface area (Å²) >= 11 is 0. The Morgan fingerprint density at radius 1 is 1.33 bits per heavy atom. The highest BCUT2D eigenvalue weighted by Crippen LogP contribution is 2.40. The van der Waals surface area contributed by atoms with Gasteiger partial charge in [-0.2, -0.15) is 4.98 Å². The second-order valence-electron chi connectivity index (χ2n) is 5.85. The average molecular weight is 295 g/mol. The largest absolute Gasteiger partial charge is 0.481 e. The van der Waals surface area contributed by atoms with Crippen LogP contribution in [0.4, 0.5) is 0 Å². The minimum Gasteiger partial charge on any atom is -0.481 e. The Morgan fingerprint density at radius 2 is 2.00 bits per heavy atom. The van der Waals surface area contributed by atoms with Crippen LogP contribution >= 0.6 is 0 Å². The first kappa shape index (κ1) is 15.9. The van der Waals surface area contributed by atoms with Crippen LogP contribution in [0.3, 0.4) is 0 Å². The third kappa shape index (κ3) is 3.81. The van der Waals surface area contributed by atoms with Crippen molar-refractivity contribution >= 4 is 5.97 Å². The van der Waals surface area contributed by atoms with E-state index in [2.05, 4.69) is 28.9 Å². The Kier molecular flexibility index (Phi) is 5.33. The molecular formula is C15H25N3O3. The normalized spacial score (nSPS) is 17.5. The molecule has 0 spiro atoms. The molecule has 1 aromatic heterocycles. The van der Waals surface area contributed by atoms with Crippen LogP contribution in [0.15, 0.2) is 4.52 Å². The van der Waals surface area contributed by atoms with Crippen LogP contribution in [0.2, 0.25) is 0 Å². The van der Waals surface area contributed by atoms with Crippen molar-refractivity contribution in [1.29, 1.82) is 0 Å². The summed E-state index contributed by atoms with van der Waals surface area (Å²) in [5, 5.41) is 13.5. The Hall–Kier alpha value is -1.43. The first-order valence-corrected chi connectivity index (χ1v) is 7.87. The molecule has 0 aromatic carbocycles. The number of rotatable bonds is 8. The lowest BCUT2D eigenvalue weighted by Crippen LogP contribution is -2.30. The number of carboxylic acids is 1. The summed E-state index contributed by atoms with van der Waals surface area (Å²) in [6, 6.07) is 0. The summed E-state index contributed by atoms with van der Waals surface area (Å²) in [6.07, 6.45) is 4.45. The van der Waals surface area contributed by atoms with Gasteiger partial charge in [-0.3, -0.25) is 4.79 Å². The van der Waals surface area contributed by atoms with Gasteiger partial charge in [0.25, 0.3) is 0 Å². The maximum absolute atomic E-state index is 11.5. The lowest BCUT2D eigenvalue weighted by molar-refractivity contribution is -0.148. The molecule has 1 N–H and O–H groups in total. The molecule has 1 fully saturated rings. The zero-order valence-electron chi connectivity index (χ0n) is 13.0. The summed E-state index contributed by atoms with van der Waals surface area (Å²) < 4.78 is 5.26. The highest BCUT2D eigenvalue weighted by atomic mass is 16.5. The minimum atomic E-state index is -0.733. The molecule has 0 aliphatic heterocycles. The zero-order valence-corrected chi connectivity index (χ0v) is 13.0. The van der Waals surface area contributed by atoms with Crippen molar-refractivity contribution in [2.24, 2.45) is 5.41 Å². The summed E-state index contributed by atoms with van der Waals surface area (Å²) in [5.41, 5.74) is -0.692. The van der Waals surface area contributed by atoms with E-state index < -0.39 is 11.4 Å². The maximum atomic E-state index is 11.5. The highest BCUT2D eigenvalue weighted by molar-refractivity contribution is 5.75. The number of hydrogen-bond donors (Lipinski definition) is 1. The van der Waals surface area contributed by atoms with Gasteiger partial charge in [0.15, 0.2) is 5.82 Å². The van der Waals surface area contributed by atoms with E-state index in [1.165, 1.54) is 0 Å². The lowest BCUT2D eigenvalue weighted by atomic mass is 9.83. The Labute approximate surface area is 125 Å². The molecule has 6 heteroatoms. The van der Waals surface area contributed by atoms with Gasteiger partial charge in [-0.25, -0.2) is 0 Å². The Morgan fingerprint density at radius 3 is 2.57 bits per heavy atom. The quantitative estimate of drug-likeness (QED) is 0.791. The van der Waals surface area contributed by atoms with Gasteiger partial charge in [0.05, 0.1) is 5.41 Å². The molecule has 0 atom stereocenters. The number of aromatic nitrogens is 2. The molecule has 1 saturated carbocycles. The van der Waals surface area contributed by atoms with Crippen molar-refractivity contribution in [2.45, 2.75) is 52.4 Å². The van der Waals surface area contributed by atoms with Gasteiger partial charge in [0, 0.05) is 19.4 Å². The van der Waals surface area contributed by atoms with Crippen LogP contribution in [-0.2, 0) is 17.6 Å². The van der Waals surface area contributed by atoms with E-state index in [0.29, 0.717) is 31.0 Å². The highest BCUT2D eigenvalue weighted by Gasteiger charge is 2.42. The molecular weight excluding hydrogens is 270 g/mol. The molecule has 0 amide bonds. The second kappa shape index (κ2) is 7.02. The van der Waals surface area contributed by atoms with Gasteiger partial charge in [-0.05, 0) is 25.9 Å². The van der Waals surface area contributed by atoms with E-state index in [-0.39, 0.29) is 0 Å². The average Bonchev–Trinajstić information content (AvgIpc) is 3.11. The number of hydrogen-bond acceptors (Lipinski definition) is 5. The number of aliphatic carboxylic acids is 1. The molecule has 0 saturated heterocycles. The van der Waals surface area contributed by atoms with Crippen LogP contribution < -0.4 is 0 Å². The zero-order chi connectivity index (χ0) is 15.3. The fraction of sp³-hybridized carbons (Fsp3) is 0.800. The van der Waals surface area contributed by atoms with E-state index >= 15 is 0 Å². The monoisotopic (exact) mass is 295 g/mol. The van der Waals surface area contributed by atoms with Gasteiger partial charge in [0.2, 0.25) is 5.89 Å². The topological polar surface area (TPSA) is 79.5 Å². The molecule has 1 aliphatic rings. The molecule has 1 aliphatic carbocycles. The molecule has 0 radical (unpaired) electrons. The summed E-state index contributed by atoms with van der Waals surface area (Å²) in [4.78, 5) is 18.2. The Bertz CT molecular complexity index is 462. The van der Waals surface area contributed by atoms with Crippen molar-refractivity contribution in [2.75, 3.05) is 19.6 Å². The van der Waals surface area contributed by atoms with E-state index in [4.69, 9.17) is 4.52 Å². The number of carbonyl (C=O) groups is 1. The van der Waals surface area contributed by atoms with Crippen LogP contribution in [-0.4, -0.2) is 45.8 Å². The van der Waals surface area contributed by atoms with Crippen molar-refractivity contribution in [3.05, 3.63) is 11.7 Å². The smallest absolute Gasteiger partial charge is 0.310 e. The van der Waals surface area contributed by atoms with Crippen LogP contribution in [0.5, 0.6) is 0 Å². The summed E-state index contributed by atoms with van der Waals surface area (Å²) in [7, 11) is 0. The fourth-order valence-corrected chi connectivity index (χ4v) is 3.07. The van der Waals surface area contributed by atoms with Crippen molar-refractivity contribution in [3.63, 3.8) is 0 Å². The van der Waals surface area contributed by atoms with E-state index in [1.54, 1.807) is 0 Å². The van der Waals surface area contributed by atoms with Crippen molar-refractivity contribution < 1.29 is 14.4 Å². The molecule has 21 heavy (non-hydrogen) atoms. The third-order valence-electron chi connectivity index (χ3n) is 4.56. The van der Waals surface area contributed by atoms with E-state index in [9.17, 15) is 9.90 Å². The van der Waals surface area contributed by atoms with Crippen molar-refractivity contribution in [1.82, 2.24) is 15.0 Å². The predicted octanol–water partition coefficient (Wildman–Crippen LogP) is 2.14. The number of carboxylic acid groups (broad SMARTS) is 1. The first-order valence-electron chi connectivity index (χ1n) is 7.87. The van der Waals surface area contributed by atoms with Gasteiger partial charge in [0.1, 0.15) is 0 Å². The Balaban J connectivity index is 1.95. The van der Waals surface area contributed by atoms with Gasteiger partial charge < -0.3 is 14.5 Å². The molecule has 0 bridgehead atoms. The molecule has 1 heterocycles. The van der Waals surface area contributed by atoms with Crippen LogP contribution in [0, 0.1) is 5.41 Å². The summed E-state index contributed by atoms with van der Waals surface area (Å²) in [5.74, 6) is 0.409. The van der Waals surface area contributed by atoms with Gasteiger partial charge >= 0.3 is 5.97 Å². The van der Waals surface area contributed by atoms with E-state index in [1.807, 2.05) is 0 Å². The number of nitrogens with zero attached hydrogens (tertiary/aromatic N) is 3. The van der Waals surface area contributed by atoms with Crippen LogP contribution in [0.1, 0.15) is 51.2 Å². The maximum Gasteiger partial charge on any atom is 0.310 e. The molecule has 6 nitrogen and oxygen atoms in total. The number of likely N-dealkylation sites (N-methyl/N-ethyl adjacent to an activating group) is 1. The minimum absolute atomic E-state index is 0.362. The second-order valence-corrected chi connectivity index (χ2v) is 5.85. The van der Waals surface area contributed by atoms with Crippen molar-refractivity contribution in [3.8, 4) is 0 Å². The van der Waals surface area contributed by atoms with E-state index in [0.717, 1.165) is 38.9 Å². The lowest BCUT2D eigenvalue weighted by Gasteiger charge is -2.21. The van der Waals surface area contributed by atoms with Gasteiger partial charge in [-0.1, -0.05) is 31.8 Å². The van der Waals surface area contributed by atoms with Crippen LogP contribution in [0.25, 0.3) is 0 Å². The van der Waals surface area contributed by atoms with Gasteiger partial charge in [-0.15, -0.1) is 0 Å². The predicted molar refractivity (Wildman–Crippen MR) is 78.0 cm³/mol. The SMILES string of the molecule is CCN(CC)CCc1noc(CC2(C(=O)O)CCCC2)n1. The molecule has 0 unspecified atom stereocenters. The standard InChI is InChI=1S/C15H25N3O3/c1-3-18(4-2)10-7-12-16-13(21-17-12)11-15(14(19)20)8-5-6-9-15/h3-11H2,1-2H3,(H,19,20). The third-order valence-corrected chi connectivity index (χ3v) is 4.56.